The Bertz CT molecular complexity index is 251. The van der Waals surface area contributed by atoms with E-state index in [2.05, 4.69) is 4.98 Å². The third-order valence-electron chi connectivity index (χ3n) is 1.61. The van der Waals surface area contributed by atoms with Crippen LogP contribution in [0.3, 0.4) is 0 Å². The molecule has 0 aliphatic carbocycles. The molecule has 0 aromatic carbocycles. The normalized spacial score (nSPS) is 10.1. The molecule has 0 unspecified atom stereocenters. The standard InChI is InChI=1S/C10H14FNO2/c1-2-13-6-3-7-14-9-4-5-10(11)12-8-9/h4-5,8H,2-3,6-7H2,1H3. The third-order valence-corrected chi connectivity index (χ3v) is 1.61. The van der Waals surface area contributed by atoms with Crippen LogP contribution >= 0.6 is 0 Å². The molecule has 0 aliphatic rings. The van der Waals surface area contributed by atoms with E-state index in [0.29, 0.717) is 19.0 Å². The van der Waals surface area contributed by atoms with Gasteiger partial charge < -0.3 is 9.47 Å². The monoisotopic (exact) mass is 199 g/mol. The Morgan fingerprint density at radius 3 is 2.86 bits per heavy atom. The summed E-state index contributed by atoms with van der Waals surface area (Å²) in [5, 5.41) is 0. The van der Waals surface area contributed by atoms with Gasteiger partial charge in [-0.15, -0.1) is 0 Å². The summed E-state index contributed by atoms with van der Waals surface area (Å²) < 4.78 is 22.8. The van der Waals surface area contributed by atoms with Gasteiger partial charge in [-0.25, -0.2) is 4.98 Å². The molecule has 1 aromatic heterocycles. The maximum Gasteiger partial charge on any atom is 0.213 e. The summed E-state index contributed by atoms with van der Waals surface area (Å²) in [4.78, 5) is 3.47. The zero-order valence-corrected chi connectivity index (χ0v) is 8.20. The molecule has 0 bridgehead atoms. The fourth-order valence-electron chi connectivity index (χ4n) is 0.943. The molecule has 1 heterocycles. The summed E-state index contributed by atoms with van der Waals surface area (Å²) >= 11 is 0. The molecular formula is C10H14FNO2. The molecule has 0 amide bonds. The van der Waals surface area contributed by atoms with E-state index < -0.39 is 5.95 Å². The summed E-state index contributed by atoms with van der Waals surface area (Å²) in [6.45, 7) is 3.92. The van der Waals surface area contributed by atoms with Gasteiger partial charge in [0.1, 0.15) is 5.75 Å². The molecule has 0 spiro atoms. The number of hydrogen-bond acceptors (Lipinski definition) is 3. The molecule has 0 atom stereocenters. The van der Waals surface area contributed by atoms with Gasteiger partial charge >= 0.3 is 0 Å². The van der Waals surface area contributed by atoms with Gasteiger partial charge in [0.25, 0.3) is 0 Å². The number of halogens is 1. The molecule has 4 heteroatoms. The van der Waals surface area contributed by atoms with Crippen LogP contribution < -0.4 is 4.74 Å². The van der Waals surface area contributed by atoms with E-state index in [1.165, 1.54) is 12.3 Å². The molecule has 0 aliphatic heterocycles. The predicted octanol–water partition coefficient (Wildman–Crippen LogP) is 2.03. The lowest BCUT2D eigenvalue weighted by atomic mass is 10.4. The predicted molar refractivity (Wildman–Crippen MR) is 50.8 cm³/mol. The van der Waals surface area contributed by atoms with Gasteiger partial charge in [0, 0.05) is 19.6 Å². The van der Waals surface area contributed by atoms with Crippen molar-refractivity contribution in [1.82, 2.24) is 4.98 Å². The van der Waals surface area contributed by atoms with Crippen molar-refractivity contribution in [2.45, 2.75) is 13.3 Å². The van der Waals surface area contributed by atoms with Gasteiger partial charge in [0.05, 0.1) is 12.8 Å². The quantitative estimate of drug-likeness (QED) is 0.519. The van der Waals surface area contributed by atoms with Crippen LogP contribution in [0.4, 0.5) is 4.39 Å². The second kappa shape index (κ2) is 6.32. The van der Waals surface area contributed by atoms with Gasteiger partial charge in [-0.05, 0) is 19.1 Å². The summed E-state index contributed by atoms with van der Waals surface area (Å²) in [7, 11) is 0. The zero-order chi connectivity index (χ0) is 10.2. The van der Waals surface area contributed by atoms with Crippen molar-refractivity contribution in [3.63, 3.8) is 0 Å². The maximum atomic E-state index is 12.4. The SMILES string of the molecule is CCOCCCOc1ccc(F)nc1. The molecule has 1 rings (SSSR count). The second-order valence-corrected chi connectivity index (χ2v) is 2.72. The summed E-state index contributed by atoms with van der Waals surface area (Å²) in [5.74, 6) is 0.0922. The number of hydrogen-bond donors (Lipinski definition) is 0. The van der Waals surface area contributed by atoms with Crippen LogP contribution in [0.2, 0.25) is 0 Å². The van der Waals surface area contributed by atoms with Crippen molar-refractivity contribution in [1.29, 1.82) is 0 Å². The van der Waals surface area contributed by atoms with Crippen molar-refractivity contribution in [2.75, 3.05) is 19.8 Å². The van der Waals surface area contributed by atoms with Gasteiger partial charge in [0.2, 0.25) is 5.95 Å². The number of rotatable bonds is 6. The van der Waals surface area contributed by atoms with E-state index in [1.807, 2.05) is 6.92 Å². The lowest BCUT2D eigenvalue weighted by Gasteiger charge is -2.05. The van der Waals surface area contributed by atoms with Gasteiger partial charge in [0.15, 0.2) is 0 Å². The first-order chi connectivity index (χ1) is 6.83. The molecule has 0 radical (unpaired) electrons. The second-order valence-electron chi connectivity index (χ2n) is 2.72. The number of ether oxygens (including phenoxy) is 2. The first kappa shape index (κ1) is 10.9. The highest BCUT2D eigenvalue weighted by molar-refractivity contribution is 5.15. The van der Waals surface area contributed by atoms with Crippen molar-refractivity contribution in [3.05, 3.63) is 24.3 Å². The average molecular weight is 199 g/mol. The van der Waals surface area contributed by atoms with Crippen LogP contribution in [-0.2, 0) is 4.74 Å². The Morgan fingerprint density at radius 1 is 1.36 bits per heavy atom. The number of nitrogens with zero attached hydrogens (tertiary/aromatic N) is 1. The Morgan fingerprint density at radius 2 is 2.21 bits per heavy atom. The third kappa shape index (κ3) is 4.18. The molecule has 0 saturated carbocycles. The van der Waals surface area contributed by atoms with Gasteiger partial charge in [-0.2, -0.15) is 4.39 Å². The fraction of sp³-hybridized carbons (Fsp3) is 0.500. The van der Waals surface area contributed by atoms with Crippen molar-refractivity contribution < 1.29 is 13.9 Å². The minimum absolute atomic E-state index is 0.494. The van der Waals surface area contributed by atoms with Crippen LogP contribution in [0.15, 0.2) is 18.3 Å². The first-order valence-corrected chi connectivity index (χ1v) is 4.65. The molecule has 14 heavy (non-hydrogen) atoms. The Kier molecular flexibility index (Phi) is 4.93. The Labute approximate surface area is 82.9 Å². The minimum Gasteiger partial charge on any atom is -0.492 e. The molecule has 0 saturated heterocycles. The van der Waals surface area contributed by atoms with Crippen LogP contribution in [0.25, 0.3) is 0 Å². The van der Waals surface area contributed by atoms with E-state index in [9.17, 15) is 4.39 Å². The molecule has 0 fully saturated rings. The van der Waals surface area contributed by atoms with E-state index in [0.717, 1.165) is 13.0 Å². The lowest BCUT2D eigenvalue weighted by Crippen LogP contribution is -2.03. The van der Waals surface area contributed by atoms with Crippen LogP contribution in [0, 0.1) is 5.95 Å². The maximum absolute atomic E-state index is 12.4. The highest BCUT2D eigenvalue weighted by atomic mass is 19.1. The summed E-state index contributed by atoms with van der Waals surface area (Å²) in [5.41, 5.74) is 0. The van der Waals surface area contributed by atoms with Crippen molar-refractivity contribution in [3.8, 4) is 5.75 Å². The summed E-state index contributed by atoms with van der Waals surface area (Å²) in [6.07, 6.45) is 2.20. The van der Waals surface area contributed by atoms with E-state index in [-0.39, 0.29) is 0 Å². The summed E-state index contributed by atoms with van der Waals surface area (Å²) in [6, 6.07) is 2.83. The van der Waals surface area contributed by atoms with Gasteiger partial charge in [-0.1, -0.05) is 0 Å². The topological polar surface area (TPSA) is 31.4 Å². The molecule has 0 N–H and O–H groups in total. The molecule has 3 nitrogen and oxygen atoms in total. The Hall–Kier alpha value is -1.16. The molecular weight excluding hydrogens is 185 g/mol. The highest BCUT2D eigenvalue weighted by Crippen LogP contribution is 2.08. The smallest absolute Gasteiger partial charge is 0.213 e. The Balaban J connectivity index is 2.15. The van der Waals surface area contributed by atoms with Crippen LogP contribution in [0.5, 0.6) is 5.75 Å². The molecule has 78 valence electrons. The number of pyridine rings is 1. The van der Waals surface area contributed by atoms with Crippen LogP contribution in [-0.4, -0.2) is 24.8 Å². The molecule has 1 aromatic rings. The van der Waals surface area contributed by atoms with E-state index in [1.54, 1.807) is 6.07 Å². The number of aromatic nitrogens is 1. The van der Waals surface area contributed by atoms with E-state index in [4.69, 9.17) is 9.47 Å². The van der Waals surface area contributed by atoms with Gasteiger partial charge in [-0.3, -0.25) is 0 Å². The average Bonchev–Trinajstić information content (AvgIpc) is 2.21. The minimum atomic E-state index is -0.494. The largest absolute Gasteiger partial charge is 0.492 e. The lowest BCUT2D eigenvalue weighted by molar-refractivity contribution is 0.130. The van der Waals surface area contributed by atoms with Crippen LogP contribution in [0.1, 0.15) is 13.3 Å². The van der Waals surface area contributed by atoms with Crippen molar-refractivity contribution in [2.24, 2.45) is 0 Å². The van der Waals surface area contributed by atoms with E-state index >= 15 is 0 Å². The fourth-order valence-corrected chi connectivity index (χ4v) is 0.943. The first-order valence-electron chi connectivity index (χ1n) is 4.65. The highest BCUT2D eigenvalue weighted by Gasteiger charge is 1.95. The van der Waals surface area contributed by atoms with Crippen molar-refractivity contribution >= 4 is 0 Å². The zero-order valence-electron chi connectivity index (χ0n) is 8.20.